The highest BCUT2D eigenvalue weighted by molar-refractivity contribution is 7.47. The fourth-order valence-electron chi connectivity index (χ4n) is 5.34. The highest BCUT2D eigenvalue weighted by Gasteiger charge is 2.36. The van der Waals surface area contributed by atoms with Crippen LogP contribution in [-0.2, 0) is 37.4 Å². The minimum atomic E-state index is -4.40. The Kier molecular flexibility index (Phi) is 31.9. The Bertz CT molecular complexity index is 1180. The molecule has 1 heterocycles. The molecule has 3 unspecified atom stereocenters. The number of hydrogen-bond donors (Lipinski definition) is 2. The number of unbranched alkanes of at least 4 members (excludes halogenated alkanes) is 9. The molecule has 0 aromatic heterocycles. The molecule has 0 bridgehead atoms. The molecule has 11 heteroatoms. The first-order valence-corrected chi connectivity index (χ1v) is 22.0. The molecule has 1 fully saturated rings. The normalized spacial score (nSPS) is 17.9. The van der Waals surface area contributed by atoms with E-state index in [9.17, 15) is 19.0 Å². The largest absolute Gasteiger partial charge is 0.472 e. The first-order chi connectivity index (χ1) is 26.3. The number of phosphoric acid groups is 1. The lowest BCUT2D eigenvalue weighted by Crippen LogP contribution is -2.29. The van der Waals surface area contributed by atoms with Gasteiger partial charge in [0.2, 0.25) is 0 Å². The average molecular weight is 778 g/mol. The van der Waals surface area contributed by atoms with Crippen molar-refractivity contribution in [2.24, 2.45) is 5.73 Å². The molecule has 0 aromatic rings. The third-order valence-electron chi connectivity index (χ3n) is 8.49. The molecule has 1 saturated heterocycles. The Hall–Kier alpha value is -2.59. The Morgan fingerprint density at radius 1 is 0.667 bits per heavy atom. The van der Waals surface area contributed by atoms with Crippen LogP contribution in [0.2, 0.25) is 0 Å². The lowest BCUT2D eigenvalue weighted by atomic mass is 10.1. The molecule has 1 aliphatic heterocycles. The van der Waals surface area contributed by atoms with Crippen molar-refractivity contribution in [3.8, 4) is 0 Å². The van der Waals surface area contributed by atoms with E-state index in [2.05, 4.69) is 74.6 Å². The van der Waals surface area contributed by atoms with Gasteiger partial charge in [0, 0.05) is 19.4 Å². The first-order valence-electron chi connectivity index (χ1n) is 20.5. The third kappa shape index (κ3) is 31.7. The van der Waals surface area contributed by atoms with Crippen molar-refractivity contribution in [1.29, 1.82) is 0 Å². The smallest absolute Gasteiger partial charge is 0.462 e. The van der Waals surface area contributed by atoms with Crippen LogP contribution in [0.15, 0.2) is 72.9 Å². The fourth-order valence-corrected chi connectivity index (χ4v) is 6.11. The van der Waals surface area contributed by atoms with Crippen LogP contribution in [0.5, 0.6) is 0 Å². The number of ether oxygens (including phenoxy) is 3. The Morgan fingerprint density at radius 2 is 1.22 bits per heavy atom. The van der Waals surface area contributed by atoms with Crippen molar-refractivity contribution in [1.82, 2.24) is 0 Å². The molecule has 0 aromatic carbocycles. The molecule has 1 rings (SSSR count). The maximum Gasteiger partial charge on any atom is 0.472 e. The maximum absolute atomic E-state index is 12.5. The Morgan fingerprint density at radius 3 is 1.85 bits per heavy atom. The van der Waals surface area contributed by atoms with Crippen LogP contribution < -0.4 is 5.73 Å². The van der Waals surface area contributed by atoms with Crippen LogP contribution in [0.3, 0.4) is 0 Å². The second-order valence-electron chi connectivity index (χ2n) is 13.5. The molecule has 308 valence electrons. The van der Waals surface area contributed by atoms with Gasteiger partial charge in [-0.25, -0.2) is 4.57 Å². The molecular weight excluding hydrogens is 705 g/mol. The van der Waals surface area contributed by atoms with Crippen LogP contribution in [0.25, 0.3) is 0 Å². The molecule has 10 nitrogen and oxygen atoms in total. The summed E-state index contributed by atoms with van der Waals surface area (Å²) in [6.45, 7) is 3.47. The summed E-state index contributed by atoms with van der Waals surface area (Å²) < 4.78 is 38.3. The topological polar surface area (TPSA) is 147 Å². The lowest BCUT2D eigenvalue weighted by molar-refractivity contribution is -0.161. The number of epoxide rings is 1. The van der Waals surface area contributed by atoms with Crippen LogP contribution >= 0.6 is 7.82 Å². The van der Waals surface area contributed by atoms with Gasteiger partial charge in [0.25, 0.3) is 0 Å². The molecule has 0 aliphatic carbocycles. The highest BCUT2D eigenvalue weighted by Crippen LogP contribution is 2.43. The maximum atomic E-state index is 12.5. The van der Waals surface area contributed by atoms with Gasteiger partial charge in [-0.2, -0.15) is 0 Å². The van der Waals surface area contributed by atoms with Gasteiger partial charge in [-0.05, 0) is 77.0 Å². The standard InChI is InChI=1S/C43H72NO9P/c1-3-5-7-8-9-10-11-12-17-20-23-26-30-34-43(46)52-39(38-51-54(47,48)50-36-35-44)37-49-42(45)33-29-25-22-19-16-14-13-15-18-21-24-28-32-41-40(53-41)31-27-6-4-2/h6,10-11,14-16,18,22,24-25,27-28,39-41H,3-5,7-9,12-13,17,19-21,23,26,29-38,44H2,1-2H3,(H,47,48)/b11-10-,16-14-,18-15-,25-22-,27-6-,28-24-/t39-,40?,41?/m1/s1. The minimum absolute atomic E-state index is 0.0373. The molecule has 3 N–H and O–H groups in total. The molecule has 1 aliphatic rings. The van der Waals surface area contributed by atoms with E-state index >= 15 is 0 Å². The summed E-state index contributed by atoms with van der Waals surface area (Å²) in [4.78, 5) is 34.8. The van der Waals surface area contributed by atoms with E-state index in [1.54, 1.807) is 0 Å². The molecule has 4 atom stereocenters. The van der Waals surface area contributed by atoms with E-state index in [1.165, 1.54) is 25.7 Å². The van der Waals surface area contributed by atoms with Crippen molar-refractivity contribution in [2.75, 3.05) is 26.4 Å². The predicted octanol–water partition coefficient (Wildman–Crippen LogP) is 10.5. The number of esters is 2. The van der Waals surface area contributed by atoms with Gasteiger partial charge in [-0.1, -0.05) is 125 Å². The number of nitrogens with two attached hydrogens (primary N) is 1. The van der Waals surface area contributed by atoms with Crippen molar-refractivity contribution in [3.05, 3.63) is 72.9 Å². The van der Waals surface area contributed by atoms with Crippen molar-refractivity contribution in [3.63, 3.8) is 0 Å². The zero-order valence-corrected chi connectivity index (χ0v) is 34.3. The monoisotopic (exact) mass is 777 g/mol. The summed E-state index contributed by atoms with van der Waals surface area (Å²) in [5.41, 5.74) is 5.33. The fraction of sp³-hybridized carbons (Fsp3) is 0.674. The second kappa shape index (κ2) is 34.9. The highest BCUT2D eigenvalue weighted by atomic mass is 31.2. The molecule has 0 spiro atoms. The van der Waals surface area contributed by atoms with Gasteiger partial charge < -0.3 is 24.8 Å². The van der Waals surface area contributed by atoms with Crippen molar-refractivity contribution < 1.29 is 42.3 Å². The summed E-state index contributed by atoms with van der Waals surface area (Å²) in [5, 5.41) is 0. The van der Waals surface area contributed by atoms with Crippen molar-refractivity contribution >= 4 is 19.8 Å². The third-order valence-corrected chi connectivity index (χ3v) is 9.48. The molecule has 54 heavy (non-hydrogen) atoms. The average Bonchev–Trinajstić information content (AvgIpc) is 3.91. The number of rotatable bonds is 36. The van der Waals surface area contributed by atoms with Gasteiger partial charge in [0.1, 0.15) is 6.61 Å². The van der Waals surface area contributed by atoms with Gasteiger partial charge in [-0.3, -0.25) is 18.6 Å². The van der Waals surface area contributed by atoms with Gasteiger partial charge >= 0.3 is 19.8 Å². The quantitative estimate of drug-likeness (QED) is 0.0207. The van der Waals surface area contributed by atoms with E-state index in [0.29, 0.717) is 25.0 Å². The number of carbonyl (C=O) groups excluding carboxylic acids is 2. The van der Waals surface area contributed by atoms with E-state index < -0.39 is 32.5 Å². The van der Waals surface area contributed by atoms with Gasteiger partial charge in [0.15, 0.2) is 6.10 Å². The molecule has 0 radical (unpaired) electrons. The summed E-state index contributed by atoms with van der Waals surface area (Å²) in [6, 6.07) is 0. The van der Waals surface area contributed by atoms with Gasteiger partial charge in [0.05, 0.1) is 25.4 Å². The zero-order chi connectivity index (χ0) is 39.4. The lowest BCUT2D eigenvalue weighted by Gasteiger charge is -2.19. The Labute approximate surface area is 326 Å². The van der Waals surface area contributed by atoms with E-state index in [4.69, 9.17) is 29.0 Å². The summed E-state index contributed by atoms with van der Waals surface area (Å²) in [7, 11) is -4.40. The van der Waals surface area contributed by atoms with Gasteiger partial charge in [-0.15, -0.1) is 0 Å². The summed E-state index contributed by atoms with van der Waals surface area (Å²) in [5.74, 6) is -0.949. The predicted molar refractivity (Wildman–Crippen MR) is 219 cm³/mol. The summed E-state index contributed by atoms with van der Waals surface area (Å²) >= 11 is 0. The SMILES string of the molecule is CC/C=C\CC1OC1C/C=C\C/C=C\C/C=C\C/C=C\CCC(=O)OC[C@H](COP(=O)(O)OCCN)OC(=O)CCCCCCC/C=C\CCCCCC. The second-order valence-corrected chi connectivity index (χ2v) is 15.0. The van der Waals surface area contributed by atoms with E-state index in [-0.39, 0.29) is 32.6 Å². The molecule has 0 saturated carbocycles. The molecule has 0 amide bonds. The van der Waals surface area contributed by atoms with Crippen LogP contribution in [0, 0.1) is 0 Å². The number of hydrogen-bond acceptors (Lipinski definition) is 9. The van der Waals surface area contributed by atoms with E-state index in [1.807, 2.05) is 12.2 Å². The number of phosphoric ester groups is 1. The number of allylic oxidation sites excluding steroid dienone is 10. The van der Waals surface area contributed by atoms with Crippen LogP contribution in [-0.4, -0.2) is 61.5 Å². The minimum Gasteiger partial charge on any atom is -0.462 e. The number of carbonyl (C=O) groups is 2. The summed E-state index contributed by atoms with van der Waals surface area (Å²) in [6.07, 6.45) is 44.1. The van der Waals surface area contributed by atoms with E-state index in [0.717, 1.165) is 77.0 Å². The van der Waals surface area contributed by atoms with Crippen molar-refractivity contribution in [2.45, 2.75) is 161 Å². The Balaban J connectivity index is 2.25. The zero-order valence-electron chi connectivity index (χ0n) is 33.4. The van der Waals surface area contributed by atoms with Crippen LogP contribution in [0.1, 0.15) is 142 Å². The van der Waals surface area contributed by atoms with Crippen LogP contribution in [0.4, 0.5) is 0 Å². The molecular formula is C43H72NO9P. The first kappa shape index (κ1) is 49.4.